The third-order valence-electron chi connectivity index (χ3n) is 5.06. The van der Waals surface area contributed by atoms with E-state index in [4.69, 9.17) is 4.98 Å². The quantitative estimate of drug-likeness (QED) is 0.888. The predicted octanol–water partition coefficient (Wildman–Crippen LogP) is 4.31. The molecule has 2 aliphatic rings. The van der Waals surface area contributed by atoms with Crippen molar-refractivity contribution in [1.29, 1.82) is 0 Å². The number of aromatic nitrogens is 2. The van der Waals surface area contributed by atoms with Gasteiger partial charge in [0.25, 0.3) is 0 Å². The van der Waals surface area contributed by atoms with Gasteiger partial charge in [0.15, 0.2) is 0 Å². The maximum atomic E-state index is 4.82. The molecule has 1 N–H and O–H groups in total. The molecule has 21 heavy (non-hydrogen) atoms. The molecule has 0 bridgehead atoms. The molecular formula is C18H23N3. The maximum absolute atomic E-state index is 4.82. The zero-order chi connectivity index (χ0) is 14.1. The first-order valence-electron chi connectivity index (χ1n) is 8.29. The summed E-state index contributed by atoms with van der Waals surface area (Å²) < 4.78 is 2.28. The highest BCUT2D eigenvalue weighted by atomic mass is 15.2. The Bertz CT molecular complexity index is 596. The number of hydrogen-bond acceptors (Lipinski definition) is 2. The largest absolute Gasteiger partial charge is 0.353 e. The van der Waals surface area contributed by atoms with Gasteiger partial charge in [0, 0.05) is 24.3 Å². The van der Waals surface area contributed by atoms with Gasteiger partial charge < -0.3 is 9.88 Å². The van der Waals surface area contributed by atoms with Crippen LogP contribution in [0.4, 0.5) is 5.95 Å². The minimum Gasteiger partial charge on any atom is -0.353 e. The second kappa shape index (κ2) is 5.55. The molecule has 110 valence electrons. The van der Waals surface area contributed by atoms with Crippen molar-refractivity contribution in [2.24, 2.45) is 5.92 Å². The van der Waals surface area contributed by atoms with Gasteiger partial charge in [-0.05, 0) is 25.2 Å². The van der Waals surface area contributed by atoms with Crippen LogP contribution in [-0.2, 0) is 6.54 Å². The highest BCUT2D eigenvalue weighted by molar-refractivity contribution is 5.60. The van der Waals surface area contributed by atoms with Gasteiger partial charge in [0.05, 0.1) is 5.69 Å². The number of nitrogens with one attached hydrogen (secondary N) is 1. The molecule has 0 spiro atoms. The van der Waals surface area contributed by atoms with Crippen molar-refractivity contribution < 1.29 is 0 Å². The van der Waals surface area contributed by atoms with Crippen LogP contribution in [0.3, 0.4) is 0 Å². The van der Waals surface area contributed by atoms with Crippen molar-refractivity contribution >= 4 is 5.95 Å². The van der Waals surface area contributed by atoms with E-state index < -0.39 is 0 Å². The molecule has 1 aliphatic heterocycles. The first kappa shape index (κ1) is 12.9. The van der Waals surface area contributed by atoms with E-state index in [-0.39, 0.29) is 0 Å². The van der Waals surface area contributed by atoms with E-state index >= 15 is 0 Å². The summed E-state index contributed by atoms with van der Waals surface area (Å²) in [5, 5.41) is 3.71. The molecule has 1 aromatic carbocycles. The average Bonchev–Trinajstić information content (AvgIpc) is 2.99. The summed E-state index contributed by atoms with van der Waals surface area (Å²) in [5.41, 5.74) is 2.29. The second-order valence-corrected chi connectivity index (χ2v) is 6.45. The standard InChI is InChI=1S/C18H23N3/c1-3-7-14(8-4-1)16-11-12-21-13-17(20-18(21)19-16)15-9-5-2-6-10-15/h2,5-6,9-10,13-14,16H,1,3-4,7-8,11-12H2,(H,19,20). The van der Waals surface area contributed by atoms with E-state index in [1.165, 1.54) is 44.1 Å². The zero-order valence-electron chi connectivity index (χ0n) is 12.5. The highest BCUT2D eigenvalue weighted by Gasteiger charge is 2.28. The molecule has 1 aromatic heterocycles. The smallest absolute Gasteiger partial charge is 0.203 e. The fourth-order valence-corrected chi connectivity index (χ4v) is 3.86. The van der Waals surface area contributed by atoms with E-state index in [1.807, 2.05) is 0 Å². The number of nitrogens with zero attached hydrogens (tertiary/aromatic N) is 2. The SMILES string of the molecule is c1ccc(-c2cn3c(n2)NC(C2CCCCC2)CC3)cc1. The number of rotatable bonds is 2. The van der Waals surface area contributed by atoms with Gasteiger partial charge in [-0.15, -0.1) is 0 Å². The minimum absolute atomic E-state index is 0.629. The van der Waals surface area contributed by atoms with Gasteiger partial charge in [-0.1, -0.05) is 49.6 Å². The summed E-state index contributed by atoms with van der Waals surface area (Å²) in [7, 11) is 0. The van der Waals surface area contributed by atoms with Crippen molar-refractivity contribution in [2.75, 3.05) is 5.32 Å². The summed E-state index contributed by atoms with van der Waals surface area (Å²) in [4.78, 5) is 4.82. The van der Waals surface area contributed by atoms with E-state index in [9.17, 15) is 0 Å². The lowest BCUT2D eigenvalue weighted by atomic mass is 9.82. The molecule has 3 nitrogen and oxygen atoms in total. The van der Waals surface area contributed by atoms with Crippen LogP contribution in [0.1, 0.15) is 38.5 Å². The van der Waals surface area contributed by atoms with Crippen molar-refractivity contribution in [2.45, 2.75) is 51.1 Å². The summed E-state index contributed by atoms with van der Waals surface area (Å²) in [6.07, 6.45) is 10.5. The Morgan fingerprint density at radius 1 is 1.00 bits per heavy atom. The third kappa shape index (κ3) is 2.57. The number of aryl methyl sites for hydroxylation is 1. The van der Waals surface area contributed by atoms with Crippen molar-refractivity contribution in [3.05, 3.63) is 36.5 Å². The Balaban J connectivity index is 1.54. The first-order valence-corrected chi connectivity index (χ1v) is 8.29. The van der Waals surface area contributed by atoms with Crippen LogP contribution in [0.5, 0.6) is 0 Å². The van der Waals surface area contributed by atoms with Crippen LogP contribution in [0.15, 0.2) is 36.5 Å². The third-order valence-corrected chi connectivity index (χ3v) is 5.06. The minimum atomic E-state index is 0.629. The van der Waals surface area contributed by atoms with Crippen LogP contribution in [0, 0.1) is 5.92 Å². The molecule has 0 radical (unpaired) electrons. The zero-order valence-corrected chi connectivity index (χ0v) is 12.5. The van der Waals surface area contributed by atoms with Gasteiger partial charge in [0.1, 0.15) is 0 Å². The van der Waals surface area contributed by atoms with Crippen LogP contribution in [0.25, 0.3) is 11.3 Å². The Kier molecular flexibility index (Phi) is 3.42. The molecule has 1 unspecified atom stereocenters. The Morgan fingerprint density at radius 3 is 2.62 bits per heavy atom. The number of hydrogen-bond donors (Lipinski definition) is 1. The van der Waals surface area contributed by atoms with Gasteiger partial charge in [0.2, 0.25) is 5.95 Å². The lowest BCUT2D eigenvalue weighted by molar-refractivity contribution is 0.292. The summed E-state index contributed by atoms with van der Waals surface area (Å²) in [6, 6.07) is 11.1. The molecule has 1 aliphatic carbocycles. The lowest BCUT2D eigenvalue weighted by Crippen LogP contribution is -2.36. The molecule has 4 rings (SSSR count). The number of anilines is 1. The normalized spacial score (nSPS) is 22.6. The molecule has 3 heteroatoms. The van der Waals surface area contributed by atoms with Crippen LogP contribution in [0.2, 0.25) is 0 Å². The van der Waals surface area contributed by atoms with E-state index in [2.05, 4.69) is 46.4 Å². The predicted molar refractivity (Wildman–Crippen MR) is 86.3 cm³/mol. The molecule has 1 saturated carbocycles. The van der Waals surface area contributed by atoms with Crippen LogP contribution >= 0.6 is 0 Å². The fraction of sp³-hybridized carbons (Fsp3) is 0.500. The van der Waals surface area contributed by atoms with Crippen LogP contribution in [-0.4, -0.2) is 15.6 Å². The molecule has 1 atom stereocenters. The van der Waals surface area contributed by atoms with E-state index in [1.54, 1.807) is 0 Å². The average molecular weight is 281 g/mol. The molecular weight excluding hydrogens is 258 g/mol. The number of benzene rings is 1. The topological polar surface area (TPSA) is 29.9 Å². The van der Waals surface area contributed by atoms with E-state index in [0.717, 1.165) is 24.1 Å². The van der Waals surface area contributed by atoms with Crippen LogP contribution < -0.4 is 5.32 Å². The van der Waals surface area contributed by atoms with Gasteiger partial charge in [-0.3, -0.25) is 0 Å². The summed E-state index contributed by atoms with van der Waals surface area (Å²) in [5.74, 6) is 1.92. The molecule has 1 fully saturated rings. The van der Waals surface area contributed by atoms with Gasteiger partial charge in [-0.2, -0.15) is 0 Å². The van der Waals surface area contributed by atoms with E-state index in [0.29, 0.717) is 6.04 Å². The maximum Gasteiger partial charge on any atom is 0.203 e. The van der Waals surface area contributed by atoms with Crippen molar-refractivity contribution in [3.63, 3.8) is 0 Å². The second-order valence-electron chi connectivity index (χ2n) is 6.45. The molecule has 0 amide bonds. The molecule has 2 aromatic rings. The Labute approximate surface area is 126 Å². The molecule has 2 heterocycles. The molecule has 0 saturated heterocycles. The van der Waals surface area contributed by atoms with Gasteiger partial charge >= 0.3 is 0 Å². The number of fused-ring (bicyclic) bond motifs is 1. The summed E-state index contributed by atoms with van der Waals surface area (Å²) in [6.45, 7) is 1.10. The number of imidazole rings is 1. The summed E-state index contributed by atoms with van der Waals surface area (Å²) >= 11 is 0. The monoisotopic (exact) mass is 281 g/mol. The highest BCUT2D eigenvalue weighted by Crippen LogP contribution is 2.33. The Morgan fingerprint density at radius 2 is 1.81 bits per heavy atom. The lowest BCUT2D eigenvalue weighted by Gasteiger charge is -2.34. The van der Waals surface area contributed by atoms with Gasteiger partial charge in [-0.25, -0.2) is 4.98 Å². The van der Waals surface area contributed by atoms with Crippen molar-refractivity contribution in [1.82, 2.24) is 9.55 Å². The fourth-order valence-electron chi connectivity index (χ4n) is 3.86. The first-order chi connectivity index (χ1) is 10.4. The van der Waals surface area contributed by atoms with Crippen molar-refractivity contribution in [3.8, 4) is 11.3 Å². The Hall–Kier alpha value is -1.77.